The Morgan fingerprint density at radius 3 is 1.63 bits per heavy atom. The SMILES string of the molecule is CC/C=C/CCOc1c(OCc2ccccc2)c2ccc(O[C@@H]3O[C@H](COC(=O)c4ccccc4)[C@@H](OC(=O)c4ccccc4)[C@H](OC(=O)c4ccccc4)[C@H]3OC(=O)c3ccccc3)cc2oc1=O. The minimum absolute atomic E-state index is 0.0293. The van der Waals surface area contributed by atoms with Crippen LogP contribution < -0.4 is 19.8 Å². The van der Waals surface area contributed by atoms with E-state index in [4.69, 9.17) is 42.3 Å². The lowest BCUT2D eigenvalue weighted by molar-refractivity contribution is -0.275. The van der Waals surface area contributed by atoms with Gasteiger partial charge in [0.05, 0.1) is 34.2 Å². The molecule has 0 unspecified atom stereocenters. The summed E-state index contributed by atoms with van der Waals surface area (Å²) >= 11 is 0. The quantitative estimate of drug-likeness (QED) is 0.0247. The highest BCUT2D eigenvalue weighted by molar-refractivity contribution is 5.92. The maximum absolute atomic E-state index is 14.1. The van der Waals surface area contributed by atoms with Gasteiger partial charge in [0.2, 0.25) is 18.1 Å². The first-order valence-electron chi connectivity index (χ1n) is 22.6. The largest absolute Gasteiger partial charge is 0.484 e. The number of carbonyl (C=O) groups excluding carboxylic acids is 4. The van der Waals surface area contributed by atoms with Gasteiger partial charge in [0.25, 0.3) is 0 Å². The average Bonchev–Trinajstić information content (AvgIpc) is 3.40. The molecule has 14 nitrogen and oxygen atoms in total. The predicted octanol–water partition coefficient (Wildman–Crippen LogP) is 9.74. The zero-order valence-electron chi connectivity index (χ0n) is 38.0. The molecule has 2 heterocycles. The number of allylic oxidation sites excluding steroid dienone is 1. The van der Waals surface area contributed by atoms with Crippen LogP contribution in [0.3, 0.4) is 0 Å². The molecule has 14 heteroatoms. The number of hydrogen-bond acceptors (Lipinski definition) is 14. The maximum Gasteiger partial charge on any atom is 0.383 e. The molecule has 1 aliphatic rings. The van der Waals surface area contributed by atoms with Gasteiger partial charge in [-0.15, -0.1) is 0 Å². The van der Waals surface area contributed by atoms with Gasteiger partial charge < -0.3 is 42.3 Å². The van der Waals surface area contributed by atoms with Crippen molar-refractivity contribution in [2.45, 2.75) is 57.1 Å². The normalized spacial score (nSPS) is 17.5. The molecule has 0 N–H and O–H groups in total. The molecule has 1 aliphatic heterocycles. The third kappa shape index (κ3) is 12.1. The van der Waals surface area contributed by atoms with Crippen molar-refractivity contribution in [3.05, 3.63) is 220 Å². The summed E-state index contributed by atoms with van der Waals surface area (Å²) in [4.78, 5) is 69.2. The van der Waals surface area contributed by atoms with Gasteiger partial charge in [-0.3, -0.25) is 0 Å². The summed E-state index contributed by atoms with van der Waals surface area (Å²) in [6.45, 7) is 1.73. The molecule has 0 radical (unpaired) electrons. The summed E-state index contributed by atoms with van der Waals surface area (Å²) < 4.78 is 55.4. The third-order valence-electron chi connectivity index (χ3n) is 10.9. The van der Waals surface area contributed by atoms with Gasteiger partial charge >= 0.3 is 29.5 Å². The van der Waals surface area contributed by atoms with E-state index >= 15 is 0 Å². The van der Waals surface area contributed by atoms with E-state index in [1.807, 2.05) is 49.4 Å². The predicted molar refractivity (Wildman–Crippen MR) is 256 cm³/mol. The van der Waals surface area contributed by atoms with Crippen LogP contribution in [0, 0.1) is 0 Å². The Hall–Kier alpha value is -8.49. The smallest absolute Gasteiger partial charge is 0.383 e. The van der Waals surface area contributed by atoms with E-state index in [1.54, 1.807) is 97.1 Å². The Balaban J connectivity index is 1.20. The fraction of sp³-hybridized carbons (Fsp3) is 0.196. The Morgan fingerprint density at radius 2 is 1.07 bits per heavy atom. The first kappa shape index (κ1) is 48.0. The van der Waals surface area contributed by atoms with Crippen LogP contribution in [0.1, 0.15) is 66.8 Å². The highest BCUT2D eigenvalue weighted by Crippen LogP contribution is 2.37. The van der Waals surface area contributed by atoms with E-state index in [9.17, 15) is 24.0 Å². The molecule has 7 aromatic rings. The van der Waals surface area contributed by atoms with Crippen molar-refractivity contribution in [3.8, 4) is 17.2 Å². The molecule has 0 bridgehead atoms. The molecule has 1 fully saturated rings. The Morgan fingerprint density at radius 1 is 0.557 bits per heavy atom. The Bertz CT molecular complexity index is 2940. The molecule has 1 aromatic heterocycles. The second-order valence-corrected chi connectivity index (χ2v) is 15.8. The standard InChI is InChI=1S/C56H48O14/c1-2-3-4-20-33-62-49-46(63-35-37-21-10-5-11-22-37)43-32-31-42(34-44(43)66-55(49)61)65-56-50(70-54(60)41-29-18-9-19-30-41)48(69-53(59)40-27-16-8-17-28-40)47(68-52(58)39-25-14-7-15-26-39)45(67-56)36-64-51(57)38-23-12-6-13-24-38/h3-19,21-32,34,45,47-48,50,56H,2,20,33,35-36H2,1H3/b4-3+/t45-,47-,48+,50-,56-/m1/s1. The summed E-state index contributed by atoms with van der Waals surface area (Å²) in [5.74, 6) is -3.27. The molecule has 6 aromatic carbocycles. The third-order valence-corrected chi connectivity index (χ3v) is 10.9. The minimum Gasteiger partial charge on any atom is -0.484 e. The number of fused-ring (bicyclic) bond motifs is 1. The van der Waals surface area contributed by atoms with E-state index in [0.29, 0.717) is 11.8 Å². The number of esters is 4. The van der Waals surface area contributed by atoms with Crippen LogP contribution in [0.2, 0.25) is 0 Å². The van der Waals surface area contributed by atoms with Crippen molar-refractivity contribution in [2.75, 3.05) is 13.2 Å². The average molecular weight is 945 g/mol. The Labute approximate surface area is 402 Å². The number of carbonyl (C=O) groups is 4. The number of rotatable bonds is 19. The lowest BCUT2D eigenvalue weighted by Crippen LogP contribution is -2.63. The van der Waals surface area contributed by atoms with Gasteiger partial charge in [-0.2, -0.15) is 0 Å². The number of hydrogen-bond donors (Lipinski definition) is 0. The van der Waals surface area contributed by atoms with Gasteiger partial charge in [0.15, 0.2) is 18.0 Å². The van der Waals surface area contributed by atoms with E-state index in [0.717, 1.165) is 12.0 Å². The van der Waals surface area contributed by atoms with E-state index < -0.39 is 66.8 Å². The molecule has 5 atom stereocenters. The van der Waals surface area contributed by atoms with Crippen molar-refractivity contribution in [1.29, 1.82) is 0 Å². The lowest BCUT2D eigenvalue weighted by Gasteiger charge is -2.44. The summed E-state index contributed by atoms with van der Waals surface area (Å²) in [6.07, 6.45) is -2.71. The molecule has 356 valence electrons. The molecular formula is C56H48O14. The number of benzene rings is 6. The first-order valence-corrected chi connectivity index (χ1v) is 22.6. The van der Waals surface area contributed by atoms with Gasteiger partial charge in [-0.05, 0) is 79.1 Å². The van der Waals surface area contributed by atoms with Crippen molar-refractivity contribution >= 4 is 34.8 Å². The summed E-state index contributed by atoms with van der Waals surface area (Å²) in [7, 11) is 0. The van der Waals surface area contributed by atoms with Crippen LogP contribution in [0.4, 0.5) is 0 Å². The zero-order chi connectivity index (χ0) is 48.7. The highest BCUT2D eigenvalue weighted by Gasteiger charge is 2.54. The fourth-order valence-electron chi connectivity index (χ4n) is 7.48. The Kier molecular flexibility index (Phi) is 16.1. The van der Waals surface area contributed by atoms with Crippen LogP contribution in [-0.4, -0.2) is 67.8 Å². The molecule has 0 aliphatic carbocycles. The second-order valence-electron chi connectivity index (χ2n) is 15.8. The first-order chi connectivity index (χ1) is 34.2. The topological polar surface area (TPSA) is 172 Å². The summed E-state index contributed by atoms with van der Waals surface area (Å²) in [5.41, 5.74) is 0.664. The highest BCUT2D eigenvalue weighted by atomic mass is 16.7. The van der Waals surface area contributed by atoms with Crippen molar-refractivity contribution in [2.24, 2.45) is 0 Å². The van der Waals surface area contributed by atoms with Crippen LogP contribution in [0.5, 0.6) is 17.2 Å². The number of ether oxygens (including phenoxy) is 8. The molecule has 8 rings (SSSR count). The lowest BCUT2D eigenvalue weighted by atomic mass is 9.97. The van der Waals surface area contributed by atoms with Gasteiger partial charge in [-0.25, -0.2) is 24.0 Å². The maximum atomic E-state index is 14.1. The van der Waals surface area contributed by atoms with Crippen LogP contribution in [-0.2, 0) is 30.3 Å². The monoisotopic (exact) mass is 944 g/mol. The van der Waals surface area contributed by atoms with Crippen LogP contribution >= 0.6 is 0 Å². The van der Waals surface area contributed by atoms with Crippen LogP contribution in [0.25, 0.3) is 11.0 Å². The molecule has 70 heavy (non-hydrogen) atoms. The van der Waals surface area contributed by atoms with Crippen molar-refractivity contribution in [3.63, 3.8) is 0 Å². The fourth-order valence-corrected chi connectivity index (χ4v) is 7.48. The molecule has 0 spiro atoms. The summed E-state index contributed by atoms with van der Waals surface area (Å²) in [6, 6.07) is 46.2. The van der Waals surface area contributed by atoms with Gasteiger partial charge in [-0.1, -0.05) is 122 Å². The van der Waals surface area contributed by atoms with Crippen LogP contribution in [0.15, 0.2) is 191 Å². The van der Waals surface area contributed by atoms with Crippen molar-refractivity contribution in [1.82, 2.24) is 0 Å². The van der Waals surface area contributed by atoms with E-state index in [-0.39, 0.29) is 58.3 Å². The molecular weight excluding hydrogens is 897 g/mol. The van der Waals surface area contributed by atoms with Crippen molar-refractivity contribution < 1.29 is 61.5 Å². The second kappa shape index (κ2) is 23.5. The van der Waals surface area contributed by atoms with E-state index in [2.05, 4.69) is 0 Å². The zero-order valence-corrected chi connectivity index (χ0v) is 38.0. The summed E-state index contributed by atoms with van der Waals surface area (Å²) in [5, 5.41) is 0.367. The molecule has 0 saturated carbocycles. The molecule has 1 saturated heterocycles. The van der Waals surface area contributed by atoms with E-state index in [1.165, 1.54) is 42.5 Å². The minimum atomic E-state index is -1.68. The molecule has 0 amide bonds. The van der Waals surface area contributed by atoms with Gasteiger partial charge in [0, 0.05) is 6.07 Å². The van der Waals surface area contributed by atoms with Gasteiger partial charge in [0.1, 0.15) is 30.7 Å².